The van der Waals surface area contributed by atoms with Gasteiger partial charge in [0, 0.05) is 6.07 Å². The number of halogens is 2. The van der Waals surface area contributed by atoms with E-state index in [1.807, 2.05) is 0 Å². The van der Waals surface area contributed by atoms with Gasteiger partial charge in [0.25, 0.3) is 0 Å². The summed E-state index contributed by atoms with van der Waals surface area (Å²) in [6.07, 6.45) is -0.392. The summed E-state index contributed by atoms with van der Waals surface area (Å²) in [4.78, 5) is 20.9. The molecule has 0 saturated carbocycles. The summed E-state index contributed by atoms with van der Waals surface area (Å²) >= 11 is 0. The van der Waals surface area contributed by atoms with Crippen molar-refractivity contribution in [1.29, 1.82) is 5.26 Å². The number of methoxy groups -OCH3 is 1. The molecule has 0 N–H and O–H groups in total. The minimum Gasteiger partial charge on any atom is -0.469 e. The number of nitro benzene ring substituents is 1. The number of rotatable bonds is 5. The molecule has 1 rings (SSSR count). The van der Waals surface area contributed by atoms with Gasteiger partial charge in [-0.15, -0.1) is 0 Å². The molecule has 0 aromatic heterocycles. The monoisotopic (exact) mass is 286 g/mol. The van der Waals surface area contributed by atoms with Gasteiger partial charge in [-0.05, 0) is 5.56 Å². The summed E-state index contributed by atoms with van der Waals surface area (Å²) in [5, 5.41) is 19.7. The maximum absolute atomic E-state index is 12.3. The molecule has 0 saturated heterocycles. The van der Waals surface area contributed by atoms with Crippen LogP contribution in [-0.2, 0) is 16.0 Å². The highest BCUT2D eigenvalue weighted by atomic mass is 19.3. The Balaban J connectivity index is 3.40. The maximum atomic E-state index is 12.3. The van der Waals surface area contributed by atoms with E-state index >= 15 is 0 Å². The summed E-state index contributed by atoms with van der Waals surface area (Å²) in [6, 6.07) is 3.53. The highest BCUT2D eigenvalue weighted by Crippen LogP contribution is 2.34. The Morgan fingerprint density at radius 2 is 2.20 bits per heavy atom. The smallest absolute Gasteiger partial charge is 0.387 e. The zero-order valence-electron chi connectivity index (χ0n) is 10.1. The van der Waals surface area contributed by atoms with Crippen LogP contribution in [0.25, 0.3) is 0 Å². The molecule has 0 atom stereocenters. The van der Waals surface area contributed by atoms with Crippen LogP contribution < -0.4 is 4.74 Å². The van der Waals surface area contributed by atoms with Crippen molar-refractivity contribution in [2.75, 3.05) is 7.11 Å². The number of nitriles is 1. The summed E-state index contributed by atoms with van der Waals surface area (Å²) in [6.45, 7) is -3.34. The van der Waals surface area contributed by atoms with Gasteiger partial charge in [0.05, 0.1) is 18.5 Å². The Bertz CT molecular complexity index is 583. The van der Waals surface area contributed by atoms with Crippen molar-refractivity contribution in [3.8, 4) is 11.8 Å². The summed E-state index contributed by atoms with van der Waals surface area (Å²) in [7, 11) is 1.11. The number of carbonyl (C=O) groups is 1. The average Bonchev–Trinajstić information content (AvgIpc) is 2.37. The third-order valence-electron chi connectivity index (χ3n) is 2.30. The predicted octanol–water partition coefficient (Wildman–Crippen LogP) is 1.78. The molecule has 0 bridgehead atoms. The summed E-state index contributed by atoms with van der Waals surface area (Å²) < 4.78 is 33.0. The normalized spacial score (nSPS) is 9.95. The van der Waals surface area contributed by atoms with Crippen molar-refractivity contribution in [2.45, 2.75) is 13.0 Å². The fourth-order valence-electron chi connectivity index (χ4n) is 1.46. The molecule has 0 aliphatic carbocycles. The van der Waals surface area contributed by atoms with Gasteiger partial charge in [0.15, 0.2) is 0 Å². The third kappa shape index (κ3) is 3.38. The van der Waals surface area contributed by atoms with E-state index in [1.165, 1.54) is 6.07 Å². The van der Waals surface area contributed by atoms with Crippen LogP contribution in [0, 0.1) is 21.4 Å². The van der Waals surface area contributed by atoms with Crippen molar-refractivity contribution in [2.24, 2.45) is 0 Å². The second-order valence-electron chi connectivity index (χ2n) is 3.45. The molecular formula is C11H8F2N2O5. The number of carbonyl (C=O) groups excluding carboxylic acids is 1. The Labute approximate surface area is 111 Å². The van der Waals surface area contributed by atoms with Crippen molar-refractivity contribution < 1.29 is 28.0 Å². The van der Waals surface area contributed by atoms with Crippen LogP contribution in [0.15, 0.2) is 12.1 Å². The van der Waals surface area contributed by atoms with Gasteiger partial charge in [-0.25, -0.2) is 0 Å². The van der Waals surface area contributed by atoms with E-state index in [-0.39, 0.29) is 5.56 Å². The molecule has 0 aliphatic rings. The van der Waals surface area contributed by atoms with E-state index in [0.717, 1.165) is 19.2 Å². The van der Waals surface area contributed by atoms with E-state index < -0.39 is 40.9 Å². The highest BCUT2D eigenvalue weighted by Gasteiger charge is 2.26. The lowest BCUT2D eigenvalue weighted by atomic mass is 10.0. The van der Waals surface area contributed by atoms with Crippen LogP contribution in [0.4, 0.5) is 14.5 Å². The second-order valence-corrected chi connectivity index (χ2v) is 3.45. The van der Waals surface area contributed by atoms with Gasteiger partial charge in [0.2, 0.25) is 5.75 Å². The molecule has 9 heteroatoms. The molecule has 0 aliphatic heterocycles. The number of alkyl halides is 2. The lowest BCUT2D eigenvalue weighted by molar-refractivity contribution is -0.386. The molecule has 0 amide bonds. The van der Waals surface area contributed by atoms with E-state index in [4.69, 9.17) is 5.26 Å². The minimum atomic E-state index is -3.34. The van der Waals surface area contributed by atoms with E-state index in [2.05, 4.69) is 9.47 Å². The first-order valence-electron chi connectivity index (χ1n) is 5.12. The topological polar surface area (TPSA) is 102 Å². The highest BCUT2D eigenvalue weighted by molar-refractivity contribution is 5.75. The Hall–Kier alpha value is -2.76. The number of ether oxygens (including phenoxy) is 2. The predicted molar refractivity (Wildman–Crippen MR) is 60.2 cm³/mol. The molecule has 20 heavy (non-hydrogen) atoms. The largest absolute Gasteiger partial charge is 0.469 e. The first kappa shape index (κ1) is 15.3. The minimum absolute atomic E-state index is 0.000556. The van der Waals surface area contributed by atoms with Gasteiger partial charge in [-0.1, -0.05) is 6.07 Å². The van der Waals surface area contributed by atoms with Crippen LogP contribution >= 0.6 is 0 Å². The first-order chi connectivity index (χ1) is 9.40. The Kier molecular flexibility index (Phi) is 4.91. The van der Waals surface area contributed by atoms with Crippen molar-refractivity contribution in [3.05, 3.63) is 33.4 Å². The van der Waals surface area contributed by atoms with Crippen LogP contribution in [0.5, 0.6) is 5.75 Å². The lowest BCUT2D eigenvalue weighted by Gasteiger charge is -2.10. The fourth-order valence-corrected chi connectivity index (χ4v) is 1.46. The standard InChI is InChI=1S/C11H8F2N2O5/c1-19-9(16)4-6-2-3-8(15(17)18)10(7(6)5-14)20-11(12)13/h2-3,11H,4H2,1H3. The molecule has 7 nitrogen and oxygen atoms in total. The first-order valence-corrected chi connectivity index (χ1v) is 5.12. The molecule has 0 unspecified atom stereocenters. The molecule has 0 spiro atoms. The Morgan fingerprint density at radius 3 is 2.65 bits per heavy atom. The number of esters is 1. The Morgan fingerprint density at radius 1 is 1.55 bits per heavy atom. The molecule has 0 fully saturated rings. The summed E-state index contributed by atoms with van der Waals surface area (Å²) in [5.41, 5.74) is -1.28. The maximum Gasteiger partial charge on any atom is 0.387 e. The van der Waals surface area contributed by atoms with Crippen molar-refractivity contribution in [1.82, 2.24) is 0 Å². The van der Waals surface area contributed by atoms with Gasteiger partial charge in [0.1, 0.15) is 11.6 Å². The number of benzene rings is 1. The van der Waals surface area contributed by atoms with Gasteiger partial charge >= 0.3 is 18.3 Å². The van der Waals surface area contributed by atoms with Crippen molar-refractivity contribution >= 4 is 11.7 Å². The van der Waals surface area contributed by atoms with Crippen LogP contribution in [0.2, 0.25) is 0 Å². The van der Waals surface area contributed by atoms with E-state index in [1.54, 1.807) is 0 Å². The SMILES string of the molecule is COC(=O)Cc1ccc([N+](=O)[O-])c(OC(F)F)c1C#N. The van der Waals surface area contributed by atoms with Gasteiger partial charge in [-0.2, -0.15) is 14.0 Å². The van der Waals surface area contributed by atoms with E-state index in [0.29, 0.717) is 0 Å². The molecular weight excluding hydrogens is 278 g/mol. The van der Waals surface area contributed by atoms with Gasteiger partial charge in [-0.3, -0.25) is 14.9 Å². The molecule has 1 aromatic rings. The number of hydrogen-bond donors (Lipinski definition) is 0. The second kappa shape index (κ2) is 6.42. The lowest BCUT2D eigenvalue weighted by Crippen LogP contribution is -2.10. The molecule has 106 valence electrons. The molecule has 0 heterocycles. The zero-order valence-corrected chi connectivity index (χ0v) is 10.1. The fraction of sp³-hybridized carbons (Fsp3) is 0.273. The third-order valence-corrected chi connectivity index (χ3v) is 2.30. The quantitative estimate of drug-likeness (QED) is 0.464. The summed E-state index contributed by atoms with van der Waals surface area (Å²) in [5.74, 6) is -1.59. The average molecular weight is 286 g/mol. The van der Waals surface area contributed by atoms with Crippen LogP contribution in [-0.4, -0.2) is 24.6 Å². The van der Waals surface area contributed by atoms with Gasteiger partial charge < -0.3 is 9.47 Å². The van der Waals surface area contributed by atoms with Crippen molar-refractivity contribution in [3.63, 3.8) is 0 Å². The molecule has 0 radical (unpaired) electrons. The number of nitrogens with zero attached hydrogens (tertiary/aromatic N) is 2. The number of hydrogen-bond acceptors (Lipinski definition) is 6. The van der Waals surface area contributed by atoms with Crippen LogP contribution in [0.3, 0.4) is 0 Å². The van der Waals surface area contributed by atoms with E-state index in [9.17, 15) is 23.7 Å². The number of nitro groups is 1. The zero-order chi connectivity index (χ0) is 15.3. The van der Waals surface area contributed by atoms with Crippen LogP contribution in [0.1, 0.15) is 11.1 Å². The molecule has 1 aromatic carbocycles.